The Morgan fingerprint density at radius 1 is 1.13 bits per heavy atom. The summed E-state index contributed by atoms with van der Waals surface area (Å²) in [6.45, 7) is 12.0. The second-order valence-electron chi connectivity index (χ2n) is 9.19. The Bertz CT molecular complexity index is 1090. The molecule has 1 aliphatic rings. The molecule has 1 atom stereocenters. The number of likely N-dealkylation sites (N-methyl/N-ethyl adjacent to an activating group) is 1. The van der Waals surface area contributed by atoms with Crippen molar-refractivity contribution < 1.29 is 0 Å². The van der Waals surface area contributed by atoms with E-state index in [9.17, 15) is 4.79 Å². The first-order valence-corrected chi connectivity index (χ1v) is 10.6. The minimum absolute atomic E-state index is 0.0841. The molecule has 3 aromatic rings. The van der Waals surface area contributed by atoms with Gasteiger partial charge in [0.1, 0.15) is 6.04 Å². The molecule has 4 rings (SSSR count). The van der Waals surface area contributed by atoms with Gasteiger partial charge in [-0.2, -0.15) is 0 Å². The van der Waals surface area contributed by atoms with Crippen molar-refractivity contribution >= 4 is 10.9 Å². The van der Waals surface area contributed by atoms with Crippen LogP contribution in [0.1, 0.15) is 50.7 Å². The summed E-state index contributed by atoms with van der Waals surface area (Å²) in [6.07, 6.45) is 0.953. The number of pyridine rings is 1. The van der Waals surface area contributed by atoms with E-state index < -0.39 is 0 Å². The van der Waals surface area contributed by atoms with E-state index in [0.29, 0.717) is 11.4 Å². The van der Waals surface area contributed by atoms with Gasteiger partial charge in [0.15, 0.2) is 5.82 Å². The molecule has 0 aliphatic carbocycles. The van der Waals surface area contributed by atoms with Crippen molar-refractivity contribution in [2.24, 2.45) is 0 Å². The second kappa shape index (κ2) is 7.92. The van der Waals surface area contributed by atoms with Crippen molar-refractivity contribution in [3.8, 4) is 0 Å². The third kappa shape index (κ3) is 3.89. The molecule has 0 bridgehead atoms. The molecule has 0 amide bonds. The molecule has 0 unspecified atom stereocenters. The maximum absolute atomic E-state index is 13.2. The summed E-state index contributed by atoms with van der Waals surface area (Å²) >= 11 is 0. The highest BCUT2D eigenvalue weighted by atomic mass is 16.1. The van der Waals surface area contributed by atoms with Crippen LogP contribution in [0.2, 0.25) is 0 Å². The lowest BCUT2D eigenvalue weighted by molar-refractivity contribution is 0.118. The molecule has 160 valence electrons. The van der Waals surface area contributed by atoms with Crippen molar-refractivity contribution in [2.75, 3.05) is 33.2 Å². The van der Waals surface area contributed by atoms with E-state index in [1.807, 2.05) is 16.8 Å². The standard InChI is InChI=1S/C22H31N7O/c1-6-15-7-8-18-16(13-15)14-17(21(30)23-18)19(28-11-9-27(5)10-12-28)20-24-25-26-29(20)22(2,3)4/h7-8,13-14,19H,6,9-12H2,1-5H3,(H,23,30)/t19-/m0/s1. The van der Waals surface area contributed by atoms with E-state index in [1.165, 1.54) is 5.56 Å². The number of aryl methyl sites for hydroxylation is 1. The number of hydrogen-bond acceptors (Lipinski definition) is 6. The van der Waals surface area contributed by atoms with Crippen LogP contribution in [0.4, 0.5) is 0 Å². The first kappa shape index (κ1) is 20.7. The second-order valence-corrected chi connectivity index (χ2v) is 9.19. The molecule has 0 spiro atoms. The van der Waals surface area contributed by atoms with Gasteiger partial charge < -0.3 is 9.88 Å². The summed E-state index contributed by atoms with van der Waals surface area (Å²) in [5, 5.41) is 13.7. The fourth-order valence-electron chi connectivity index (χ4n) is 4.12. The topological polar surface area (TPSA) is 82.9 Å². The number of rotatable bonds is 4. The highest BCUT2D eigenvalue weighted by molar-refractivity contribution is 5.80. The molecule has 1 N–H and O–H groups in total. The van der Waals surface area contributed by atoms with Gasteiger partial charge >= 0.3 is 0 Å². The molecule has 0 radical (unpaired) electrons. The number of benzene rings is 1. The molecule has 8 nitrogen and oxygen atoms in total. The summed E-state index contributed by atoms with van der Waals surface area (Å²) in [6, 6.07) is 7.94. The monoisotopic (exact) mass is 409 g/mol. The van der Waals surface area contributed by atoms with Gasteiger partial charge in [0, 0.05) is 37.3 Å². The minimum atomic E-state index is -0.300. The van der Waals surface area contributed by atoms with E-state index in [-0.39, 0.29) is 17.1 Å². The normalized spacial score (nSPS) is 17.5. The van der Waals surface area contributed by atoms with E-state index in [1.54, 1.807) is 0 Å². The number of nitrogens with one attached hydrogen (secondary N) is 1. The Morgan fingerprint density at radius 2 is 1.87 bits per heavy atom. The van der Waals surface area contributed by atoms with E-state index in [4.69, 9.17) is 0 Å². The van der Waals surface area contributed by atoms with Gasteiger partial charge in [0.2, 0.25) is 0 Å². The summed E-state index contributed by atoms with van der Waals surface area (Å²) in [5.74, 6) is 0.712. The largest absolute Gasteiger partial charge is 0.322 e. The molecule has 1 fully saturated rings. The predicted molar refractivity (Wildman–Crippen MR) is 118 cm³/mol. The molecule has 30 heavy (non-hydrogen) atoms. The first-order chi connectivity index (χ1) is 14.3. The van der Waals surface area contributed by atoms with E-state index >= 15 is 0 Å². The average molecular weight is 410 g/mol. The van der Waals surface area contributed by atoms with Gasteiger partial charge in [-0.15, -0.1) is 5.10 Å². The summed E-state index contributed by atoms with van der Waals surface area (Å²) in [4.78, 5) is 20.9. The van der Waals surface area contributed by atoms with Crippen LogP contribution in [-0.2, 0) is 12.0 Å². The van der Waals surface area contributed by atoms with Crippen molar-refractivity contribution in [1.29, 1.82) is 0 Å². The van der Waals surface area contributed by atoms with E-state index in [2.05, 4.69) is 77.2 Å². The van der Waals surface area contributed by atoms with Gasteiger partial charge in [0.05, 0.1) is 5.54 Å². The predicted octanol–water partition coefficient (Wildman–Crippen LogP) is 2.17. The van der Waals surface area contributed by atoms with Crippen molar-refractivity contribution in [1.82, 2.24) is 35.0 Å². The van der Waals surface area contributed by atoms with Crippen LogP contribution in [0.25, 0.3) is 10.9 Å². The molecule has 1 saturated heterocycles. The Morgan fingerprint density at radius 3 is 2.53 bits per heavy atom. The molecule has 8 heteroatoms. The number of nitrogens with zero attached hydrogens (tertiary/aromatic N) is 6. The van der Waals surface area contributed by atoms with Gasteiger partial charge in [-0.25, -0.2) is 4.68 Å². The number of H-pyrrole nitrogens is 1. The lowest BCUT2D eigenvalue weighted by Gasteiger charge is -2.38. The number of hydrogen-bond donors (Lipinski definition) is 1. The lowest BCUT2D eigenvalue weighted by atomic mass is 10.00. The molecule has 0 saturated carbocycles. The third-order valence-corrected chi connectivity index (χ3v) is 5.92. The Hall–Kier alpha value is -2.58. The van der Waals surface area contributed by atoms with Crippen LogP contribution >= 0.6 is 0 Å². The summed E-state index contributed by atoms with van der Waals surface area (Å²) in [7, 11) is 2.13. The van der Waals surface area contributed by atoms with Gasteiger partial charge in [-0.1, -0.05) is 13.0 Å². The zero-order chi connectivity index (χ0) is 21.5. The fraction of sp³-hybridized carbons (Fsp3) is 0.545. The zero-order valence-corrected chi connectivity index (χ0v) is 18.5. The molecule has 3 heterocycles. The van der Waals surface area contributed by atoms with Crippen LogP contribution in [0.3, 0.4) is 0 Å². The highest BCUT2D eigenvalue weighted by Crippen LogP contribution is 2.30. The lowest BCUT2D eigenvalue weighted by Crippen LogP contribution is -2.48. The molecule has 2 aromatic heterocycles. The van der Waals surface area contributed by atoms with Crippen LogP contribution in [0.15, 0.2) is 29.1 Å². The minimum Gasteiger partial charge on any atom is -0.322 e. The number of piperazine rings is 1. The zero-order valence-electron chi connectivity index (χ0n) is 18.5. The van der Waals surface area contributed by atoms with E-state index in [0.717, 1.165) is 43.5 Å². The van der Waals surface area contributed by atoms with Crippen molar-refractivity contribution in [3.63, 3.8) is 0 Å². The smallest absolute Gasteiger partial charge is 0.253 e. The van der Waals surface area contributed by atoms with Crippen LogP contribution in [0.5, 0.6) is 0 Å². The maximum Gasteiger partial charge on any atom is 0.253 e. The quantitative estimate of drug-likeness (QED) is 0.711. The number of fused-ring (bicyclic) bond motifs is 1. The summed E-state index contributed by atoms with van der Waals surface area (Å²) in [5.41, 5.74) is 2.42. The summed E-state index contributed by atoms with van der Waals surface area (Å²) < 4.78 is 1.85. The van der Waals surface area contributed by atoms with Crippen LogP contribution < -0.4 is 5.56 Å². The fourth-order valence-corrected chi connectivity index (χ4v) is 4.12. The maximum atomic E-state index is 13.2. The van der Waals surface area contributed by atoms with Crippen LogP contribution in [-0.4, -0.2) is 68.2 Å². The van der Waals surface area contributed by atoms with Crippen molar-refractivity contribution in [2.45, 2.75) is 45.7 Å². The average Bonchev–Trinajstić information content (AvgIpc) is 3.19. The number of aromatic amines is 1. The molecule has 1 aromatic carbocycles. The molecular formula is C22H31N7O. The first-order valence-electron chi connectivity index (χ1n) is 10.6. The number of tetrazole rings is 1. The Balaban J connectivity index is 1.89. The third-order valence-electron chi connectivity index (χ3n) is 5.92. The SMILES string of the molecule is CCc1ccc2[nH]c(=O)c([C@@H](c3nnnn3C(C)(C)C)N3CCN(C)CC3)cc2c1. The Kier molecular flexibility index (Phi) is 5.46. The number of aromatic nitrogens is 5. The van der Waals surface area contributed by atoms with Gasteiger partial charge in [-0.3, -0.25) is 9.69 Å². The molecular weight excluding hydrogens is 378 g/mol. The van der Waals surface area contributed by atoms with Crippen LogP contribution in [0, 0.1) is 0 Å². The Labute approximate surface area is 176 Å². The molecule has 1 aliphatic heterocycles. The highest BCUT2D eigenvalue weighted by Gasteiger charge is 2.34. The van der Waals surface area contributed by atoms with Crippen molar-refractivity contribution in [3.05, 3.63) is 51.6 Å². The van der Waals surface area contributed by atoms with Gasteiger partial charge in [-0.05, 0) is 73.8 Å². The van der Waals surface area contributed by atoms with Gasteiger partial charge in [0.25, 0.3) is 5.56 Å².